The predicted molar refractivity (Wildman–Crippen MR) is 75.2 cm³/mol. The standard InChI is InChI=1S/C15H15F3N2O3/c1-3-23-13(21)11-8(2)19-14(22)20-12(11)9-4-6-10(7-5-9)15(16,17)18/h4-7,12H,3H2,1-2H3,(H2,19,20,22)/t12-/m0/s1. The fourth-order valence-corrected chi connectivity index (χ4v) is 2.29. The van der Waals surface area contributed by atoms with Gasteiger partial charge in [-0.05, 0) is 31.5 Å². The Morgan fingerprint density at radius 2 is 1.87 bits per heavy atom. The fraction of sp³-hybridized carbons (Fsp3) is 0.333. The Morgan fingerprint density at radius 3 is 2.39 bits per heavy atom. The number of esters is 1. The number of carbonyl (C=O) groups excluding carboxylic acids is 2. The number of halogens is 3. The molecule has 0 aromatic heterocycles. The fourth-order valence-electron chi connectivity index (χ4n) is 2.29. The molecule has 0 unspecified atom stereocenters. The number of rotatable bonds is 3. The number of allylic oxidation sites excluding steroid dienone is 1. The van der Waals surface area contributed by atoms with E-state index >= 15 is 0 Å². The van der Waals surface area contributed by atoms with Crippen molar-refractivity contribution in [2.24, 2.45) is 0 Å². The highest BCUT2D eigenvalue weighted by atomic mass is 19.4. The van der Waals surface area contributed by atoms with Gasteiger partial charge in [-0.3, -0.25) is 0 Å². The molecule has 0 fully saturated rings. The maximum absolute atomic E-state index is 12.6. The topological polar surface area (TPSA) is 67.4 Å². The number of urea groups is 1. The van der Waals surface area contributed by atoms with Crippen LogP contribution in [0.5, 0.6) is 0 Å². The molecule has 23 heavy (non-hydrogen) atoms. The first kappa shape index (κ1) is 16.9. The third kappa shape index (κ3) is 3.64. The highest BCUT2D eigenvalue weighted by Gasteiger charge is 2.34. The minimum absolute atomic E-state index is 0.142. The Kier molecular flexibility index (Phi) is 4.63. The SMILES string of the molecule is CCOC(=O)C1=C(C)NC(=O)N[C@H]1c1ccc(C(F)(F)F)cc1. The normalized spacial score (nSPS) is 18.3. The molecule has 1 aliphatic rings. The van der Waals surface area contributed by atoms with Gasteiger partial charge in [0.15, 0.2) is 0 Å². The second kappa shape index (κ2) is 6.31. The summed E-state index contributed by atoms with van der Waals surface area (Å²) >= 11 is 0. The maximum atomic E-state index is 12.6. The van der Waals surface area contributed by atoms with Crippen LogP contribution in [0.3, 0.4) is 0 Å². The lowest BCUT2D eigenvalue weighted by Gasteiger charge is -2.28. The van der Waals surface area contributed by atoms with E-state index in [-0.39, 0.29) is 12.2 Å². The number of ether oxygens (including phenoxy) is 1. The van der Waals surface area contributed by atoms with Gasteiger partial charge in [-0.1, -0.05) is 12.1 Å². The number of carbonyl (C=O) groups is 2. The predicted octanol–water partition coefficient (Wildman–Crippen LogP) is 2.90. The minimum Gasteiger partial charge on any atom is -0.463 e. The molecule has 1 atom stereocenters. The van der Waals surface area contributed by atoms with E-state index in [0.29, 0.717) is 11.3 Å². The lowest BCUT2D eigenvalue weighted by Crippen LogP contribution is -2.45. The molecular formula is C15H15F3N2O3. The first-order chi connectivity index (χ1) is 10.7. The molecule has 2 rings (SSSR count). The van der Waals surface area contributed by atoms with Crippen LogP contribution in [0.4, 0.5) is 18.0 Å². The quantitative estimate of drug-likeness (QED) is 0.839. The molecule has 0 saturated carbocycles. The largest absolute Gasteiger partial charge is 0.463 e. The molecular weight excluding hydrogens is 313 g/mol. The summed E-state index contributed by atoms with van der Waals surface area (Å²) in [6, 6.07) is 2.85. The molecule has 1 aliphatic heterocycles. The Labute approximate surface area is 130 Å². The van der Waals surface area contributed by atoms with Gasteiger partial charge in [0.1, 0.15) is 0 Å². The molecule has 0 aliphatic carbocycles. The van der Waals surface area contributed by atoms with Gasteiger partial charge < -0.3 is 15.4 Å². The number of hydrogen-bond acceptors (Lipinski definition) is 3. The van der Waals surface area contributed by atoms with E-state index in [2.05, 4.69) is 10.6 Å². The zero-order valence-corrected chi connectivity index (χ0v) is 12.5. The monoisotopic (exact) mass is 328 g/mol. The van der Waals surface area contributed by atoms with Crippen LogP contribution >= 0.6 is 0 Å². The molecule has 5 nitrogen and oxygen atoms in total. The molecule has 2 N–H and O–H groups in total. The lowest BCUT2D eigenvalue weighted by atomic mass is 9.95. The van der Waals surface area contributed by atoms with Crippen LogP contribution in [-0.4, -0.2) is 18.6 Å². The Balaban J connectivity index is 2.40. The zero-order valence-electron chi connectivity index (χ0n) is 12.5. The Hall–Kier alpha value is -2.51. The van der Waals surface area contributed by atoms with Gasteiger partial charge in [0, 0.05) is 5.70 Å². The van der Waals surface area contributed by atoms with Crippen molar-refractivity contribution in [2.45, 2.75) is 26.1 Å². The van der Waals surface area contributed by atoms with Gasteiger partial charge in [0.25, 0.3) is 0 Å². The molecule has 124 valence electrons. The van der Waals surface area contributed by atoms with Crippen molar-refractivity contribution >= 4 is 12.0 Å². The third-order valence-electron chi connectivity index (χ3n) is 3.34. The molecule has 1 aromatic rings. The van der Waals surface area contributed by atoms with E-state index in [1.165, 1.54) is 19.1 Å². The summed E-state index contributed by atoms with van der Waals surface area (Å²) in [7, 11) is 0. The van der Waals surface area contributed by atoms with Crippen LogP contribution in [-0.2, 0) is 15.7 Å². The van der Waals surface area contributed by atoms with Gasteiger partial charge in [-0.2, -0.15) is 13.2 Å². The third-order valence-corrected chi connectivity index (χ3v) is 3.34. The van der Waals surface area contributed by atoms with Crippen molar-refractivity contribution in [3.8, 4) is 0 Å². The van der Waals surface area contributed by atoms with Gasteiger partial charge in [0.2, 0.25) is 0 Å². The van der Waals surface area contributed by atoms with E-state index in [1.54, 1.807) is 6.92 Å². The summed E-state index contributed by atoms with van der Waals surface area (Å²) in [5.74, 6) is -0.637. The van der Waals surface area contributed by atoms with Crippen LogP contribution in [0, 0.1) is 0 Å². The van der Waals surface area contributed by atoms with Crippen molar-refractivity contribution in [1.82, 2.24) is 10.6 Å². The molecule has 0 spiro atoms. The summed E-state index contributed by atoms with van der Waals surface area (Å²) < 4.78 is 42.8. The van der Waals surface area contributed by atoms with E-state index in [1.807, 2.05) is 0 Å². The average Bonchev–Trinajstić information content (AvgIpc) is 2.45. The van der Waals surface area contributed by atoms with Gasteiger partial charge in [-0.25, -0.2) is 9.59 Å². The number of alkyl halides is 3. The summed E-state index contributed by atoms with van der Waals surface area (Å²) in [6.07, 6.45) is -4.45. The highest BCUT2D eigenvalue weighted by Crippen LogP contribution is 2.32. The first-order valence-electron chi connectivity index (χ1n) is 6.86. The smallest absolute Gasteiger partial charge is 0.416 e. The number of nitrogens with one attached hydrogen (secondary N) is 2. The molecule has 0 radical (unpaired) electrons. The summed E-state index contributed by atoms with van der Waals surface area (Å²) in [5, 5.41) is 4.97. The van der Waals surface area contributed by atoms with E-state index in [0.717, 1.165) is 12.1 Å². The van der Waals surface area contributed by atoms with Crippen LogP contribution < -0.4 is 10.6 Å². The molecule has 0 bridgehead atoms. The number of hydrogen-bond donors (Lipinski definition) is 2. The zero-order chi connectivity index (χ0) is 17.2. The maximum Gasteiger partial charge on any atom is 0.416 e. The number of amides is 2. The van der Waals surface area contributed by atoms with Crippen molar-refractivity contribution in [3.63, 3.8) is 0 Å². The lowest BCUT2D eigenvalue weighted by molar-refractivity contribution is -0.139. The van der Waals surface area contributed by atoms with Gasteiger partial charge in [0.05, 0.1) is 23.8 Å². The summed E-state index contributed by atoms with van der Waals surface area (Å²) in [5.41, 5.74) is 0.0125. The van der Waals surface area contributed by atoms with E-state index in [9.17, 15) is 22.8 Å². The van der Waals surface area contributed by atoms with Crippen LogP contribution in [0.2, 0.25) is 0 Å². The van der Waals surface area contributed by atoms with Crippen LogP contribution in [0.25, 0.3) is 0 Å². The Bertz CT molecular complexity index is 651. The van der Waals surface area contributed by atoms with Crippen LogP contribution in [0.15, 0.2) is 35.5 Å². The molecule has 0 saturated heterocycles. The van der Waals surface area contributed by atoms with Crippen LogP contribution in [0.1, 0.15) is 31.0 Å². The van der Waals surface area contributed by atoms with Crippen molar-refractivity contribution in [1.29, 1.82) is 0 Å². The first-order valence-corrected chi connectivity index (χ1v) is 6.86. The van der Waals surface area contributed by atoms with Crippen molar-refractivity contribution in [2.75, 3.05) is 6.61 Å². The summed E-state index contributed by atoms with van der Waals surface area (Å²) in [6.45, 7) is 3.31. The van der Waals surface area contributed by atoms with Gasteiger partial charge >= 0.3 is 18.2 Å². The van der Waals surface area contributed by atoms with E-state index < -0.39 is 29.8 Å². The molecule has 2 amide bonds. The minimum atomic E-state index is -4.45. The summed E-state index contributed by atoms with van der Waals surface area (Å²) in [4.78, 5) is 23.7. The van der Waals surface area contributed by atoms with E-state index in [4.69, 9.17) is 4.74 Å². The Morgan fingerprint density at radius 1 is 1.26 bits per heavy atom. The van der Waals surface area contributed by atoms with Crippen molar-refractivity contribution in [3.05, 3.63) is 46.7 Å². The molecule has 1 aromatic carbocycles. The van der Waals surface area contributed by atoms with Crippen molar-refractivity contribution < 1.29 is 27.5 Å². The molecule has 8 heteroatoms. The number of benzene rings is 1. The van der Waals surface area contributed by atoms with Gasteiger partial charge in [-0.15, -0.1) is 0 Å². The second-order valence-electron chi connectivity index (χ2n) is 4.91. The highest BCUT2D eigenvalue weighted by molar-refractivity contribution is 5.95. The average molecular weight is 328 g/mol. The molecule has 1 heterocycles. The second-order valence-corrected chi connectivity index (χ2v) is 4.91.